The van der Waals surface area contributed by atoms with Crippen molar-refractivity contribution in [2.24, 2.45) is 0 Å². The third kappa shape index (κ3) is 2.97. The highest BCUT2D eigenvalue weighted by Gasteiger charge is 2.26. The number of hydrogen-bond donors (Lipinski definition) is 0. The van der Waals surface area contributed by atoms with Gasteiger partial charge in [0, 0.05) is 41.7 Å². The SMILES string of the molecule is COc1nccnc1-c1ccc2c(c1)CN(C)CC2c1ccc2ccsc2c1. The lowest BCUT2D eigenvalue weighted by atomic mass is 9.83. The van der Waals surface area contributed by atoms with E-state index in [4.69, 9.17) is 4.74 Å². The molecule has 140 valence electrons. The van der Waals surface area contributed by atoms with Gasteiger partial charge in [0.1, 0.15) is 5.69 Å². The van der Waals surface area contributed by atoms with Gasteiger partial charge in [-0.25, -0.2) is 9.97 Å². The maximum atomic E-state index is 5.41. The van der Waals surface area contributed by atoms with E-state index < -0.39 is 0 Å². The second kappa shape index (κ2) is 7.00. The Labute approximate surface area is 168 Å². The molecule has 1 atom stereocenters. The zero-order chi connectivity index (χ0) is 19.1. The fraction of sp³-hybridized carbons (Fsp3) is 0.217. The van der Waals surface area contributed by atoms with E-state index in [0.717, 1.165) is 24.3 Å². The van der Waals surface area contributed by atoms with Crippen molar-refractivity contribution in [3.05, 3.63) is 76.9 Å². The van der Waals surface area contributed by atoms with Crippen LogP contribution >= 0.6 is 11.3 Å². The van der Waals surface area contributed by atoms with Crippen molar-refractivity contribution in [1.29, 1.82) is 0 Å². The van der Waals surface area contributed by atoms with Crippen molar-refractivity contribution in [2.45, 2.75) is 12.5 Å². The molecule has 4 aromatic rings. The van der Waals surface area contributed by atoms with Crippen LogP contribution in [0.3, 0.4) is 0 Å². The highest BCUT2D eigenvalue weighted by atomic mass is 32.1. The molecule has 1 aliphatic heterocycles. The van der Waals surface area contributed by atoms with E-state index in [0.29, 0.717) is 11.8 Å². The van der Waals surface area contributed by atoms with E-state index in [-0.39, 0.29) is 0 Å². The average Bonchev–Trinajstić information content (AvgIpc) is 3.20. The van der Waals surface area contributed by atoms with E-state index in [1.807, 2.05) is 11.3 Å². The maximum Gasteiger partial charge on any atom is 0.240 e. The van der Waals surface area contributed by atoms with Crippen LogP contribution in [-0.2, 0) is 6.54 Å². The number of hydrogen-bond acceptors (Lipinski definition) is 5. The molecule has 3 heterocycles. The summed E-state index contributed by atoms with van der Waals surface area (Å²) >= 11 is 1.81. The van der Waals surface area contributed by atoms with Crippen molar-refractivity contribution in [1.82, 2.24) is 14.9 Å². The Hall–Kier alpha value is -2.76. The Kier molecular flexibility index (Phi) is 4.34. The molecule has 2 aromatic carbocycles. The Morgan fingerprint density at radius 2 is 1.96 bits per heavy atom. The van der Waals surface area contributed by atoms with E-state index in [2.05, 4.69) is 69.8 Å². The normalized spacial score (nSPS) is 16.9. The summed E-state index contributed by atoms with van der Waals surface area (Å²) in [6, 6.07) is 15.7. The molecule has 0 bridgehead atoms. The van der Waals surface area contributed by atoms with Gasteiger partial charge in [-0.05, 0) is 52.7 Å². The van der Waals surface area contributed by atoms with E-state index in [1.54, 1.807) is 19.5 Å². The molecule has 0 saturated heterocycles. The summed E-state index contributed by atoms with van der Waals surface area (Å²) in [5, 5.41) is 3.49. The maximum absolute atomic E-state index is 5.41. The van der Waals surface area contributed by atoms with Crippen LogP contribution in [0.4, 0.5) is 0 Å². The first-order valence-electron chi connectivity index (χ1n) is 9.37. The van der Waals surface area contributed by atoms with Crippen molar-refractivity contribution >= 4 is 21.4 Å². The topological polar surface area (TPSA) is 38.3 Å². The molecule has 0 aliphatic carbocycles. The molecule has 28 heavy (non-hydrogen) atoms. The van der Waals surface area contributed by atoms with E-state index >= 15 is 0 Å². The molecule has 4 nitrogen and oxygen atoms in total. The summed E-state index contributed by atoms with van der Waals surface area (Å²) in [6.07, 6.45) is 3.37. The smallest absolute Gasteiger partial charge is 0.240 e. The Morgan fingerprint density at radius 1 is 1.07 bits per heavy atom. The number of aromatic nitrogens is 2. The van der Waals surface area contributed by atoms with Gasteiger partial charge in [0.15, 0.2) is 0 Å². The predicted molar refractivity (Wildman–Crippen MR) is 114 cm³/mol. The third-order valence-corrected chi connectivity index (χ3v) is 6.35. The average molecular weight is 388 g/mol. The largest absolute Gasteiger partial charge is 0.479 e. The Bertz CT molecular complexity index is 1150. The summed E-state index contributed by atoms with van der Waals surface area (Å²) in [5.74, 6) is 0.935. The molecule has 2 aromatic heterocycles. The molecule has 0 amide bonds. The molecule has 0 spiro atoms. The lowest BCUT2D eigenvalue weighted by Gasteiger charge is -2.33. The van der Waals surface area contributed by atoms with E-state index in [1.165, 1.54) is 26.8 Å². The molecule has 1 aliphatic rings. The molecule has 5 rings (SSSR count). The molecule has 5 heteroatoms. The highest BCUT2D eigenvalue weighted by molar-refractivity contribution is 7.17. The fourth-order valence-corrected chi connectivity index (χ4v) is 4.98. The standard InChI is InChI=1S/C23H21N3OS/c1-26-13-18-11-17(22-23(27-2)25-9-8-24-22)5-6-19(18)20(14-26)16-4-3-15-7-10-28-21(15)12-16/h3-12,20H,13-14H2,1-2H3. The minimum absolute atomic E-state index is 0.373. The van der Waals surface area contributed by atoms with Crippen LogP contribution in [0.25, 0.3) is 21.3 Å². The minimum Gasteiger partial charge on any atom is -0.479 e. The van der Waals surface area contributed by atoms with Gasteiger partial charge in [0.25, 0.3) is 0 Å². The predicted octanol–water partition coefficient (Wildman–Crippen LogP) is 4.94. The second-order valence-electron chi connectivity index (χ2n) is 7.30. The van der Waals surface area contributed by atoms with Gasteiger partial charge in [-0.1, -0.05) is 24.3 Å². The van der Waals surface area contributed by atoms with E-state index in [9.17, 15) is 0 Å². The summed E-state index contributed by atoms with van der Waals surface area (Å²) < 4.78 is 6.76. The van der Waals surface area contributed by atoms with Gasteiger partial charge in [-0.2, -0.15) is 0 Å². The lowest BCUT2D eigenvalue weighted by molar-refractivity contribution is 0.295. The second-order valence-corrected chi connectivity index (χ2v) is 8.24. The van der Waals surface area contributed by atoms with Crippen molar-refractivity contribution in [3.63, 3.8) is 0 Å². The van der Waals surface area contributed by atoms with Crippen LogP contribution in [0.5, 0.6) is 5.88 Å². The zero-order valence-electron chi connectivity index (χ0n) is 15.9. The molecule has 0 N–H and O–H groups in total. The molecular formula is C23H21N3OS. The number of benzene rings is 2. The molecule has 0 saturated carbocycles. The summed E-state index contributed by atoms with van der Waals surface area (Å²) in [6.45, 7) is 1.96. The van der Waals surface area contributed by atoms with Crippen LogP contribution in [0.15, 0.2) is 60.2 Å². The van der Waals surface area contributed by atoms with Crippen molar-refractivity contribution < 1.29 is 4.74 Å². The first-order valence-corrected chi connectivity index (χ1v) is 10.2. The number of likely N-dealkylation sites (N-methyl/N-ethyl adjacent to an activating group) is 1. The number of thiophene rings is 1. The van der Waals surface area contributed by atoms with Gasteiger partial charge < -0.3 is 9.64 Å². The van der Waals surface area contributed by atoms with Crippen LogP contribution in [0.2, 0.25) is 0 Å². The van der Waals surface area contributed by atoms with Crippen molar-refractivity contribution in [3.8, 4) is 17.1 Å². The van der Waals surface area contributed by atoms with Crippen LogP contribution < -0.4 is 4.74 Å². The monoisotopic (exact) mass is 387 g/mol. The Balaban J connectivity index is 1.59. The number of ether oxygens (including phenoxy) is 1. The van der Waals surface area contributed by atoms with Crippen LogP contribution in [0.1, 0.15) is 22.6 Å². The number of nitrogens with zero attached hydrogens (tertiary/aromatic N) is 3. The zero-order valence-corrected chi connectivity index (χ0v) is 16.7. The van der Waals surface area contributed by atoms with Gasteiger partial charge in [0.05, 0.1) is 7.11 Å². The third-order valence-electron chi connectivity index (χ3n) is 5.47. The first kappa shape index (κ1) is 17.3. The van der Waals surface area contributed by atoms with Crippen molar-refractivity contribution in [2.75, 3.05) is 20.7 Å². The fourth-order valence-electron chi connectivity index (χ4n) is 4.14. The molecule has 1 unspecified atom stereocenters. The first-order chi connectivity index (χ1) is 13.7. The summed E-state index contributed by atoms with van der Waals surface area (Å²) in [5.41, 5.74) is 5.97. The summed E-state index contributed by atoms with van der Waals surface area (Å²) in [7, 11) is 3.83. The molecule has 0 fully saturated rings. The molecule has 0 radical (unpaired) electrons. The van der Waals surface area contributed by atoms with Crippen LogP contribution in [-0.4, -0.2) is 35.6 Å². The number of fused-ring (bicyclic) bond motifs is 2. The number of methoxy groups -OCH3 is 1. The van der Waals surface area contributed by atoms with Crippen LogP contribution in [0, 0.1) is 0 Å². The number of rotatable bonds is 3. The van der Waals surface area contributed by atoms with Gasteiger partial charge >= 0.3 is 0 Å². The highest BCUT2D eigenvalue weighted by Crippen LogP contribution is 2.37. The minimum atomic E-state index is 0.373. The lowest BCUT2D eigenvalue weighted by Crippen LogP contribution is -2.31. The summed E-state index contributed by atoms with van der Waals surface area (Å²) in [4.78, 5) is 11.2. The Morgan fingerprint density at radius 3 is 2.86 bits per heavy atom. The van der Waals surface area contributed by atoms with Gasteiger partial charge in [0.2, 0.25) is 5.88 Å². The molecular weight excluding hydrogens is 366 g/mol. The quantitative estimate of drug-likeness (QED) is 0.499. The van der Waals surface area contributed by atoms with Gasteiger partial charge in [-0.15, -0.1) is 11.3 Å². The van der Waals surface area contributed by atoms with Gasteiger partial charge in [-0.3, -0.25) is 0 Å².